The molecule has 4 nitrogen and oxygen atoms in total. The van der Waals surface area contributed by atoms with Crippen molar-refractivity contribution in [2.75, 3.05) is 31.1 Å². The first-order valence-electron chi connectivity index (χ1n) is 11.9. The van der Waals surface area contributed by atoms with E-state index in [2.05, 4.69) is 59.3 Å². The summed E-state index contributed by atoms with van der Waals surface area (Å²) in [7, 11) is 0. The molecule has 174 valence electrons. The molecule has 3 aromatic rings. The van der Waals surface area contributed by atoms with Gasteiger partial charge in [-0.1, -0.05) is 53.6 Å². The third kappa shape index (κ3) is 4.53. The molecule has 5 rings (SSSR count). The maximum absolute atomic E-state index is 13.5. The Morgan fingerprint density at radius 3 is 2.56 bits per heavy atom. The SMILES string of the molecule is Cc1ccc(/C=C/CN2CCC3(CC2)CN(C(=O)c2ccnc(C)c2)c2ccc(Cl)cc23)cc1. The van der Waals surface area contributed by atoms with Crippen LogP contribution < -0.4 is 4.90 Å². The lowest BCUT2D eigenvalue weighted by Crippen LogP contribution is -2.46. The molecular weight excluding hydrogens is 442 g/mol. The average Bonchev–Trinajstić information content (AvgIpc) is 3.14. The van der Waals surface area contributed by atoms with E-state index in [1.165, 1.54) is 16.7 Å². The zero-order valence-corrected chi connectivity index (χ0v) is 20.6. The zero-order valence-electron chi connectivity index (χ0n) is 19.8. The monoisotopic (exact) mass is 471 g/mol. The molecule has 2 aromatic carbocycles. The fraction of sp³-hybridized carbons (Fsp3) is 0.310. The van der Waals surface area contributed by atoms with Crippen LogP contribution in [0.2, 0.25) is 5.02 Å². The van der Waals surface area contributed by atoms with Crippen molar-refractivity contribution < 1.29 is 4.79 Å². The van der Waals surface area contributed by atoms with Gasteiger partial charge in [-0.15, -0.1) is 0 Å². The lowest BCUT2D eigenvalue weighted by atomic mass is 9.74. The van der Waals surface area contributed by atoms with Crippen molar-refractivity contribution in [2.45, 2.75) is 32.1 Å². The van der Waals surface area contributed by atoms with Crippen LogP contribution in [0.15, 0.2) is 66.9 Å². The van der Waals surface area contributed by atoms with Crippen molar-refractivity contribution in [3.63, 3.8) is 0 Å². The van der Waals surface area contributed by atoms with E-state index in [1.54, 1.807) is 12.3 Å². The molecule has 5 heteroatoms. The van der Waals surface area contributed by atoms with Crippen LogP contribution in [0.25, 0.3) is 6.08 Å². The Hall–Kier alpha value is -2.95. The molecule has 3 heterocycles. The van der Waals surface area contributed by atoms with Gasteiger partial charge in [-0.3, -0.25) is 14.7 Å². The molecule has 1 fully saturated rings. The summed E-state index contributed by atoms with van der Waals surface area (Å²) in [4.78, 5) is 22.2. The summed E-state index contributed by atoms with van der Waals surface area (Å²) in [6.45, 7) is 7.67. The van der Waals surface area contributed by atoms with Crippen molar-refractivity contribution in [3.8, 4) is 0 Å². The highest BCUT2D eigenvalue weighted by atomic mass is 35.5. The first-order valence-corrected chi connectivity index (χ1v) is 12.3. The topological polar surface area (TPSA) is 36.4 Å². The van der Waals surface area contributed by atoms with Crippen LogP contribution in [-0.2, 0) is 5.41 Å². The molecule has 0 saturated carbocycles. The molecule has 0 N–H and O–H groups in total. The minimum atomic E-state index is -0.0465. The quantitative estimate of drug-likeness (QED) is 0.464. The second-order valence-corrected chi connectivity index (χ2v) is 10.1. The molecule has 0 bridgehead atoms. The molecule has 1 saturated heterocycles. The van der Waals surface area contributed by atoms with Gasteiger partial charge < -0.3 is 4.90 Å². The fourth-order valence-corrected chi connectivity index (χ4v) is 5.44. The van der Waals surface area contributed by atoms with Crippen molar-refractivity contribution in [1.82, 2.24) is 9.88 Å². The van der Waals surface area contributed by atoms with E-state index in [0.29, 0.717) is 12.1 Å². The van der Waals surface area contributed by atoms with Gasteiger partial charge in [0.25, 0.3) is 5.91 Å². The number of piperidine rings is 1. The van der Waals surface area contributed by atoms with Crippen LogP contribution in [0, 0.1) is 13.8 Å². The fourth-order valence-electron chi connectivity index (χ4n) is 5.26. The summed E-state index contributed by atoms with van der Waals surface area (Å²) in [5, 5.41) is 0.732. The summed E-state index contributed by atoms with van der Waals surface area (Å²) in [5.74, 6) is 0.0365. The lowest BCUT2D eigenvalue weighted by molar-refractivity contribution is 0.0977. The van der Waals surface area contributed by atoms with Crippen molar-refractivity contribution in [2.24, 2.45) is 0 Å². The summed E-state index contributed by atoms with van der Waals surface area (Å²) in [6.07, 6.45) is 8.19. The minimum absolute atomic E-state index is 0.0365. The van der Waals surface area contributed by atoms with Crippen LogP contribution in [0.1, 0.15) is 45.6 Å². The molecule has 0 atom stereocenters. The van der Waals surface area contributed by atoms with E-state index in [0.717, 1.165) is 48.9 Å². The number of rotatable bonds is 4. The Morgan fingerprint density at radius 1 is 1.06 bits per heavy atom. The molecule has 2 aliphatic rings. The van der Waals surface area contributed by atoms with Gasteiger partial charge in [-0.25, -0.2) is 0 Å². The second kappa shape index (κ2) is 9.36. The number of likely N-dealkylation sites (tertiary alicyclic amines) is 1. The Morgan fingerprint density at radius 2 is 1.82 bits per heavy atom. The first kappa shape index (κ1) is 22.8. The third-order valence-electron chi connectivity index (χ3n) is 7.23. The standard InChI is InChI=1S/C29H30ClN3O/c1-21-5-7-23(8-6-21)4-3-15-32-16-12-29(13-17-32)20-33(27-10-9-25(30)19-26(27)29)28(34)24-11-14-31-22(2)18-24/h3-11,14,18-19H,12-13,15-17,20H2,1-2H3/b4-3+. The Labute approximate surface area is 206 Å². The molecule has 0 unspecified atom stereocenters. The highest BCUT2D eigenvalue weighted by Gasteiger charge is 2.46. The summed E-state index contributed by atoms with van der Waals surface area (Å²) < 4.78 is 0. The van der Waals surface area contributed by atoms with Crippen LogP contribution in [0.4, 0.5) is 5.69 Å². The smallest absolute Gasteiger partial charge is 0.258 e. The minimum Gasteiger partial charge on any atom is -0.307 e. The number of aryl methyl sites for hydroxylation is 2. The largest absolute Gasteiger partial charge is 0.307 e. The molecule has 2 aliphatic heterocycles. The van der Waals surface area contributed by atoms with Crippen molar-refractivity contribution in [1.29, 1.82) is 0 Å². The number of nitrogens with zero attached hydrogens (tertiary/aromatic N) is 3. The van der Waals surface area contributed by atoms with Crippen LogP contribution >= 0.6 is 11.6 Å². The van der Waals surface area contributed by atoms with E-state index in [4.69, 9.17) is 11.6 Å². The lowest BCUT2D eigenvalue weighted by Gasteiger charge is -2.39. The summed E-state index contributed by atoms with van der Waals surface area (Å²) in [6, 6.07) is 18.3. The van der Waals surface area contributed by atoms with Crippen molar-refractivity contribution >= 4 is 29.3 Å². The van der Waals surface area contributed by atoms with Gasteiger partial charge in [-0.05, 0) is 81.2 Å². The van der Waals surface area contributed by atoms with Gasteiger partial charge in [0, 0.05) is 46.7 Å². The van der Waals surface area contributed by atoms with Gasteiger partial charge in [0.2, 0.25) is 0 Å². The number of aromatic nitrogens is 1. The second-order valence-electron chi connectivity index (χ2n) is 9.63. The number of anilines is 1. The van der Waals surface area contributed by atoms with Crippen LogP contribution in [0.5, 0.6) is 0 Å². The number of hydrogen-bond acceptors (Lipinski definition) is 3. The number of halogens is 1. The Balaban J connectivity index is 1.31. The number of pyridine rings is 1. The normalized spacial score (nSPS) is 17.4. The van der Waals surface area contributed by atoms with Gasteiger partial charge >= 0.3 is 0 Å². The predicted molar refractivity (Wildman–Crippen MR) is 140 cm³/mol. The summed E-state index contributed by atoms with van der Waals surface area (Å²) in [5.41, 5.74) is 6.22. The number of hydrogen-bond donors (Lipinski definition) is 0. The molecule has 0 aliphatic carbocycles. The van der Waals surface area contributed by atoms with E-state index in [-0.39, 0.29) is 11.3 Å². The van der Waals surface area contributed by atoms with Gasteiger partial charge in [-0.2, -0.15) is 0 Å². The van der Waals surface area contributed by atoms with Gasteiger partial charge in [0.05, 0.1) is 0 Å². The number of carbonyl (C=O) groups is 1. The highest BCUT2D eigenvalue weighted by Crippen LogP contribution is 2.48. The molecule has 0 radical (unpaired) electrons. The maximum Gasteiger partial charge on any atom is 0.258 e. The van der Waals surface area contributed by atoms with Gasteiger partial charge in [0.15, 0.2) is 0 Å². The average molecular weight is 472 g/mol. The Bertz CT molecular complexity index is 1230. The number of carbonyl (C=O) groups excluding carboxylic acids is 1. The third-order valence-corrected chi connectivity index (χ3v) is 7.47. The summed E-state index contributed by atoms with van der Waals surface area (Å²) >= 11 is 6.42. The predicted octanol–water partition coefficient (Wildman–Crippen LogP) is 6.06. The van der Waals surface area contributed by atoms with E-state index < -0.39 is 0 Å². The molecule has 1 spiro atoms. The van der Waals surface area contributed by atoms with Crippen LogP contribution in [0.3, 0.4) is 0 Å². The van der Waals surface area contributed by atoms with E-state index in [9.17, 15) is 4.79 Å². The van der Waals surface area contributed by atoms with E-state index in [1.807, 2.05) is 30.0 Å². The van der Waals surface area contributed by atoms with Crippen molar-refractivity contribution in [3.05, 3.63) is 99.8 Å². The van der Waals surface area contributed by atoms with Crippen LogP contribution in [-0.4, -0.2) is 42.0 Å². The number of fused-ring (bicyclic) bond motifs is 2. The molecule has 1 aromatic heterocycles. The first-order chi connectivity index (χ1) is 16.4. The van der Waals surface area contributed by atoms with Gasteiger partial charge in [0.1, 0.15) is 0 Å². The molecule has 34 heavy (non-hydrogen) atoms. The molecular formula is C29H30ClN3O. The number of benzene rings is 2. The maximum atomic E-state index is 13.5. The molecule has 1 amide bonds. The number of amides is 1. The zero-order chi connectivity index (χ0) is 23.7. The highest BCUT2D eigenvalue weighted by molar-refractivity contribution is 6.30. The Kier molecular flexibility index (Phi) is 6.28. The van der Waals surface area contributed by atoms with E-state index >= 15 is 0 Å².